The molecule has 4 aromatic carbocycles. The van der Waals surface area contributed by atoms with Crippen molar-refractivity contribution >= 4 is 43.8 Å². The summed E-state index contributed by atoms with van der Waals surface area (Å²) in [5.74, 6) is 0.517. The van der Waals surface area contributed by atoms with Gasteiger partial charge in [0.15, 0.2) is 0 Å². The van der Waals surface area contributed by atoms with Gasteiger partial charge in [0.2, 0.25) is 0 Å². The molecule has 2 aliphatic carbocycles. The van der Waals surface area contributed by atoms with Gasteiger partial charge in [-0.15, -0.1) is 24.8 Å². The SMILES string of the molecule is CC1=Cc2c(-c3cccc(C)c3)ccc(C)c2[CH]1[Zr]([CH3])([CH3])(=[SiH2])[CH]1C(C(C)C)=Cc2c(-c3ccccc3)cccc21.Cl.Cl. The van der Waals surface area contributed by atoms with Gasteiger partial charge in [-0.05, 0) is 0 Å². The first-order valence-electron chi connectivity index (χ1n) is 14.8. The third kappa shape index (κ3) is 5.32. The zero-order valence-corrected chi connectivity index (χ0v) is 31.5. The van der Waals surface area contributed by atoms with E-state index in [4.69, 9.17) is 0 Å². The maximum Gasteiger partial charge on any atom is -0.147 e. The van der Waals surface area contributed by atoms with E-state index in [1.165, 1.54) is 44.5 Å². The van der Waals surface area contributed by atoms with E-state index in [2.05, 4.69) is 148 Å². The van der Waals surface area contributed by atoms with Crippen LogP contribution in [0.2, 0.25) is 9.26 Å². The third-order valence-electron chi connectivity index (χ3n) is 9.69. The minimum absolute atomic E-state index is 0. The predicted octanol–water partition coefficient (Wildman–Crippen LogP) is 11.1. The fourth-order valence-corrected chi connectivity index (χ4v) is 28.8. The first kappa shape index (κ1) is 32.9. The molecule has 2 atom stereocenters. The molecule has 0 nitrogen and oxygen atoms in total. The normalized spacial score (nSPS) is 17.5. The standard InChI is InChI=1S/2C18H17.2CH3.2ClH.H2Si.Zr/c1-12-5-4-6-15(9-12)16-8-7-14(3)17-10-13(2)11-18(16)17;1-13(2)16-11-15-9-6-10-17(18(15)12-16)14-7-4-3-5-8-14;;;;;;/h4-11H,1-3H3;3-13H,1-2H3;2*1H3;2*1H;1H2;. The van der Waals surface area contributed by atoms with Crippen molar-refractivity contribution < 1.29 is 17.4 Å². The van der Waals surface area contributed by atoms with E-state index in [0.29, 0.717) is 13.2 Å². The van der Waals surface area contributed by atoms with Crippen molar-refractivity contribution in [1.82, 2.24) is 0 Å². The van der Waals surface area contributed by atoms with Crippen molar-refractivity contribution in [2.24, 2.45) is 5.92 Å². The van der Waals surface area contributed by atoms with Crippen LogP contribution >= 0.6 is 24.8 Å². The molecule has 2 unspecified atom stereocenters. The second-order valence-electron chi connectivity index (χ2n) is 13.8. The number of hydrogen-bond donors (Lipinski definition) is 0. The minimum atomic E-state index is -3.63. The van der Waals surface area contributed by atoms with Crippen LogP contribution in [0.15, 0.2) is 96.1 Å². The number of fused-ring (bicyclic) bond motifs is 2. The fourth-order valence-electron chi connectivity index (χ4n) is 8.13. The molecule has 4 heteroatoms. The van der Waals surface area contributed by atoms with Crippen LogP contribution < -0.4 is 0 Å². The van der Waals surface area contributed by atoms with Crippen molar-refractivity contribution in [2.45, 2.75) is 51.1 Å². The molecule has 2 aliphatic rings. The van der Waals surface area contributed by atoms with Gasteiger partial charge in [0.1, 0.15) is 0 Å². The van der Waals surface area contributed by atoms with Gasteiger partial charge in [-0.3, -0.25) is 0 Å². The topological polar surface area (TPSA) is 0 Å². The van der Waals surface area contributed by atoms with Crippen LogP contribution in [0.3, 0.4) is 0 Å². The van der Waals surface area contributed by atoms with E-state index < -0.39 is 17.4 Å². The Balaban J connectivity index is 0.00000202. The van der Waals surface area contributed by atoms with E-state index in [9.17, 15) is 0 Å². The molecule has 218 valence electrons. The molecule has 0 bridgehead atoms. The Kier molecular flexibility index (Phi) is 9.30. The Bertz CT molecular complexity index is 1790. The molecular weight excluding hydrogens is 647 g/mol. The number of hydrogen-bond acceptors (Lipinski definition) is 0. The first-order valence-corrected chi connectivity index (χ1v) is 28.5. The van der Waals surface area contributed by atoms with Crippen LogP contribution in [0.25, 0.3) is 34.4 Å². The number of aryl methyl sites for hydroxylation is 2. The third-order valence-corrected chi connectivity index (χ3v) is 27.3. The molecule has 0 radical (unpaired) electrons. The molecule has 0 heterocycles. The fraction of sp³-hybridized carbons (Fsp3) is 0.263. The molecule has 42 heavy (non-hydrogen) atoms. The van der Waals surface area contributed by atoms with Crippen LogP contribution in [0, 0.1) is 19.8 Å². The number of halogens is 2. The first-order chi connectivity index (χ1) is 19.0. The Morgan fingerprint density at radius 2 is 1.31 bits per heavy atom. The van der Waals surface area contributed by atoms with Gasteiger partial charge in [-0.25, -0.2) is 0 Å². The van der Waals surface area contributed by atoms with E-state index in [1.807, 2.05) is 0 Å². The average Bonchev–Trinajstić information content (AvgIpc) is 3.49. The Labute approximate surface area is 268 Å². The molecule has 0 aromatic heterocycles. The molecule has 0 fully saturated rings. The quantitative estimate of drug-likeness (QED) is 0.183. The minimum Gasteiger partial charge on any atom is -0.147 e. The van der Waals surface area contributed by atoms with Crippen LogP contribution in [-0.2, 0) is 17.4 Å². The maximum absolute atomic E-state index is 3.63. The van der Waals surface area contributed by atoms with Crippen LogP contribution in [0.5, 0.6) is 0 Å². The smallest absolute Gasteiger partial charge is 0.147 e. The Morgan fingerprint density at radius 3 is 1.98 bits per heavy atom. The number of rotatable bonds is 5. The number of benzene rings is 4. The van der Waals surface area contributed by atoms with Crippen molar-refractivity contribution in [3.8, 4) is 22.3 Å². The van der Waals surface area contributed by atoms with Crippen molar-refractivity contribution in [3.63, 3.8) is 0 Å². The summed E-state index contributed by atoms with van der Waals surface area (Å²) >= 11 is -3.63. The Hall–Kier alpha value is -1.96. The van der Waals surface area contributed by atoms with Crippen LogP contribution in [0.1, 0.15) is 61.4 Å². The number of allylic oxidation sites excluding steroid dienone is 2. The van der Waals surface area contributed by atoms with Gasteiger partial charge in [-0.1, -0.05) is 0 Å². The van der Waals surface area contributed by atoms with Crippen molar-refractivity contribution in [1.29, 1.82) is 0 Å². The second-order valence-corrected chi connectivity index (χ2v) is 44.3. The largest absolute Gasteiger partial charge is 0.147 e. The molecule has 0 amide bonds. The average molecular weight is 691 g/mol. The van der Waals surface area contributed by atoms with Gasteiger partial charge in [0.25, 0.3) is 0 Å². The summed E-state index contributed by atoms with van der Waals surface area (Å²) in [6.07, 6.45) is 5.14. The van der Waals surface area contributed by atoms with Crippen LogP contribution in [-0.4, -0.2) is 6.88 Å². The van der Waals surface area contributed by atoms with E-state index >= 15 is 0 Å². The van der Waals surface area contributed by atoms with E-state index in [-0.39, 0.29) is 24.8 Å². The summed E-state index contributed by atoms with van der Waals surface area (Å²) in [5.41, 5.74) is 17.5. The molecule has 0 spiro atoms. The summed E-state index contributed by atoms with van der Waals surface area (Å²) in [6, 6.07) is 31.8. The van der Waals surface area contributed by atoms with Gasteiger partial charge in [0, 0.05) is 0 Å². The Morgan fingerprint density at radius 1 is 0.667 bits per heavy atom. The molecular formula is C38H44Cl2SiZr. The molecule has 4 aromatic rings. The summed E-state index contributed by atoms with van der Waals surface area (Å²) in [7, 11) is 0. The zero-order chi connectivity index (χ0) is 28.4. The molecule has 0 aliphatic heterocycles. The summed E-state index contributed by atoms with van der Waals surface area (Å²) < 4.78 is 6.58. The van der Waals surface area contributed by atoms with E-state index in [1.54, 1.807) is 22.3 Å². The summed E-state index contributed by atoms with van der Waals surface area (Å²) in [6.45, 7) is 14.2. The van der Waals surface area contributed by atoms with Crippen molar-refractivity contribution in [3.05, 3.63) is 129 Å². The summed E-state index contributed by atoms with van der Waals surface area (Å²) in [4.78, 5) is 0. The van der Waals surface area contributed by atoms with Gasteiger partial charge in [0.05, 0.1) is 0 Å². The second kappa shape index (κ2) is 11.9. The van der Waals surface area contributed by atoms with Gasteiger partial charge in [-0.2, -0.15) is 0 Å². The molecule has 0 N–H and O–H groups in total. The molecule has 6 rings (SSSR count). The summed E-state index contributed by atoms with van der Waals surface area (Å²) in [5, 5.41) is 0. The van der Waals surface area contributed by atoms with E-state index in [0.717, 1.165) is 0 Å². The van der Waals surface area contributed by atoms with Crippen LogP contribution in [0.4, 0.5) is 0 Å². The van der Waals surface area contributed by atoms with Crippen molar-refractivity contribution in [2.75, 3.05) is 0 Å². The monoisotopic (exact) mass is 688 g/mol. The van der Waals surface area contributed by atoms with Gasteiger partial charge >= 0.3 is 245 Å². The maximum atomic E-state index is 2.76. The molecule has 0 saturated carbocycles. The molecule has 0 saturated heterocycles. The predicted molar refractivity (Wildman–Crippen MR) is 190 cm³/mol. The van der Waals surface area contributed by atoms with Gasteiger partial charge < -0.3 is 0 Å². The zero-order valence-electron chi connectivity index (χ0n) is 26.0.